The molecule has 1 N–H and O–H groups in total. The second-order valence-electron chi connectivity index (χ2n) is 5.30. The largest absolute Gasteiger partial charge is 0.465 e. The molecule has 1 heterocycles. The van der Waals surface area contributed by atoms with Crippen molar-refractivity contribution in [3.8, 4) is 0 Å². The fraction of sp³-hybridized carbons (Fsp3) is 0.222. The van der Waals surface area contributed by atoms with Gasteiger partial charge in [-0.2, -0.15) is 0 Å². The molecule has 1 aromatic carbocycles. The summed E-state index contributed by atoms with van der Waals surface area (Å²) in [5.74, 6) is -0.267. The molecule has 0 aliphatic rings. The molecule has 4 nitrogen and oxygen atoms in total. The molecule has 0 aliphatic carbocycles. The van der Waals surface area contributed by atoms with Crippen LogP contribution in [0.25, 0.3) is 6.08 Å². The Hall–Kier alpha value is -2.40. The number of amides is 1. The molecule has 0 unspecified atom stereocenters. The van der Waals surface area contributed by atoms with Crippen molar-refractivity contribution in [2.75, 3.05) is 12.4 Å². The second kappa shape index (κ2) is 7.74. The van der Waals surface area contributed by atoms with Gasteiger partial charge in [0, 0.05) is 6.08 Å². The lowest BCUT2D eigenvalue weighted by molar-refractivity contribution is -0.111. The Labute approximate surface area is 139 Å². The van der Waals surface area contributed by atoms with E-state index in [4.69, 9.17) is 0 Å². The van der Waals surface area contributed by atoms with Gasteiger partial charge in [-0.3, -0.25) is 4.79 Å². The van der Waals surface area contributed by atoms with Gasteiger partial charge in [-0.05, 0) is 34.6 Å². The molecule has 2 aromatic rings. The summed E-state index contributed by atoms with van der Waals surface area (Å²) in [6.45, 7) is 4.27. The zero-order valence-electron chi connectivity index (χ0n) is 13.3. The number of methoxy groups -OCH3 is 1. The molecule has 0 saturated heterocycles. The molecular formula is C18H19NO3S. The average Bonchev–Trinajstić information content (AvgIpc) is 3.00. The van der Waals surface area contributed by atoms with Gasteiger partial charge in [0.05, 0.1) is 12.8 Å². The Balaban J connectivity index is 2.02. The van der Waals surface area contributed by atoms with E-state index in [2.05, 4.69) is 36.0 Å². The second-order valence-corrected chi connectivity index (χ2v) is 6.22. The summed E-state index contributed by atoms with van der Waals surface area (Å²) >= 11 is 1.23. The third kappa shape index (κ3) is 4.53. The first-order chi connectivity index (χ1) is 11.0. The molecule has 0 fully saturated rings. The van der Waals surface area contributed by atoms with Crippen molar-refractivity contribution in [3.63, 3.8) is 0 Å². The van der Waals surface area contributed by atoms with Crippen molar-refractivity contribution in [2.24, 2.45) is 0 Å². The van der Waals surface area contributed by atoms with E-state index in [0.29, 0.717) is 16.5 Å². The first kappa shape index (κ1) is 17.0. The van der Waals surface area contributed by atoms with Crippen molar-refractivity contribution in [1.82, 2.24) is 0 Å². The normalized spacial score (nSPS) is 11.0. The van der Waals surface area contributed by atoms with Gasteiger partial charge in [0.2, 0.25) is 5.91 Å². The summed E-state index contributed by atoms with van der Waals surface area (Å²) in [5.41, 5.74) is 2.67. The van der Waals surface area contributed by atoms with Gasteiger partial charge in [-0.15, -0.1) is 11.3 Å². The molecule has 0 spiro atoms. The lowest BCUT2D eigenvalue weighted by atomic mass is 10.0. The summed E-state index contributed by atoms with van der Waals surface area (Å²) < 4.78 is 4.68. The number of nitrogens with one attached hydrogen (secondary N) is 1. The van der Waals surface area contributed by atoms with Crippen LogP contribution >= 0.6 is 11.3 Å². The number of hydrogen-bond donors (Lipinski definition) is 1. The van der Waals surface area contributed by atoms with Crippen LogP contribution in [0.15, 0.2) is 41.8 Å². The fourth-order valence-corrected chi connectivity index (χ4v) is 2.76. The van der Waals surface area contributed by atoms with Crippen molar-refractivity contribution >= 4 is 35.0 Å². The molecule has 0 saturated carbocycles. The van der Waals surface area contributed by atoms with Crippen molar-refractivity contribution in [2.45, 2.75) is 19.8 Å². The number of anilines is 1. The average molecular weight is 329 g/mol. The third-order valence-electron chi connectivity index (χ3n) is 3.32. The zero-order valence-corrected chi connectivity index (χ0v) is 14.1. The summed E-state index contributed by atoms with van der Waals surface area (Å²) in [5, 5.41) is 4.42. The minimum Gasteiger partial charge on any atom is -0.465 e. The van der Waals surface area contributed by atoms with Crippen LogP contribution in [0.1, 0.15) is 40.6 Å². The van der Waals surface area contributed by atoms with E-state index in [9.17, 15) is 9.59 Å². The Morgan fingerprint density at radius 3 is 2.48 bits per heavy atom. The van der Waals surface area contributed by atoms with E-state index in [1.54, 1.807) is 17.5 Å². The maximum atomic E-state index is 12.0. The topological polar surface area (TPSA) is 55.4 Å². The highest BCUT2D eigenvalue weighted by molar-refractivity contribution is 7.12. The van der Waals surface area contributed by atoms with E-state index in [0.717, 1.165) is 5.56 Å². The summed E-state index contributed by atoms with van der Waals surface area (Å²) in [6, 6.07) is 9.74. The number of carbonyl (C=O) groups excluding carboxylic acids is 2. The van der Waals surface area contributed by atoms with Crippen LogP contribution in [-0.4, -0.2) is 19.0 Å². The Kier molecular flexibility index (Phi) is 5.71. The van der Waals surface area contributed by atoms with Gasteiger partial charge in [-0.25, -0.2) is 4.79 Å². The molecule has 23 heavy (non-hydrogen) atoms. The SMILES string of the molecule is COC(=O)c1sccc1NC(=O)/C=C\c1ccc(C(C)C)cc1. The highest BCUT2D eigenvalue weighted by atomic mass is 32.1. The Bertz CT molecular complexity index is 714. The summed E-state index contributed by atoms with van der Waals surface area (Å²) in [4.78, 5) is 23.9. The molecular weight excluding hydrogens is 310 g/mol. The van der Waals surface area contributed by atoms with Crippen molar-refractivity contribution < 1.29 is 14.3 Å². The number of hydrogen-bond acceptors (Lipinski definition) is 4. The molecule has 0 radical (unpaired) electrons. The van der Waals surface area contributed by atoms with Crippen LogP contribution in [-0.2, 0) is 9.53 Å². The molecule has 0 aliphatic heterocycles. The van der Waals surface area contributed by atoms with Crippen LogP contribution in [0, 0.1) is 0 Å². The predicted octanol–water partition coefficient (Wildman–Crippen LogP) is 4.31. The molecule has 120 valence electrons. The van der Waals surface area contributed by atoms with Gasteiger partial charge in [-0.1, -0.05) is 38.1 Å². The van der Waals surface area contributed by atoms with Gasteiger partial charge >= 0.3 is 5.97 Å². The maximum Gasteiger partial charge on any atom is 0.350 e. The first-order valence-electron chi connectivity index (χ1n) is 7.26. The number of benzene rings is 1. The molecule has 0 atom stereocenters. The number of carbonyl (C=O) groups is 2. The number of ether oxygens (including phenoxy) is 1. The van der Waals surface area contributed by atoms with Crippen LogP contribution in [0.2, 0.25) is 0 Å². The van der Waals surface area contributed by atoms with Crippen LogP contribution in [0.4, 0.5) is 5.69 Å². The van der Waals surface area contributed by atoms with Crippen LogP contribution in [0.3, 0.4) is 0 Å². The smallest absolute Gasteiger partial charge is 0.350 e. The minimum absolute atomic E-state index is 0.290. The Morgan fingerprint density at radius 1 is 1.17 bits per heavy atom. The molecule has 0 bridgehead atoms. The number of thiophene rings is 1. The molecule has 5 heteroatoms. The summed E-state index contributed by atoms with van der Waals surface area (Å²) in [6.07, 6.45) is 3.19. The van der Waals surface area contributed by atoms with E-state index in [-0.39, 0.29) is 5.91 Å². The van der Waals surface area contributed by atoms with Gasteiger partial charge in [0.25, 0.3) is 0 Å². The lowest BCUT2D eigenvalue weighted by Crippen LogP contribution is -2.10. The van der Waals surface area contributed by atoms with Gasteiger partial charge in [0.1, 0.15) is 4.88 Å². The van der Waals surface area contributed by atoms with Crippen molar-refractivity contribution in [3.05, 3.63) is 57.8 Å². The monoisotopic (exact) mass is 329 g/mol. The minimum atomic E-state index is -0.455. The van der Waals surface area contributed by atoms with Gasteiger partial charge in [0.15, 0.2) is 0 Å². The number of rotatable bonds is 5. The van der Waals surface area contributed by atoms with Gasteiger partial charge < -0.3 is 10.1 Å². The maximum absolute atomic E-state index is 12.0. The van der Waals surface area contributed by atoms with Crippen LogP contribution < -0.4 is 5.32 Å². The van der Waals surface area contributed by atoms with E-state index < -0.39 is 5.97 Å². The fourth-order valence-electron chi connectivity index (χ4n) is 2.00. The summed E-state index contributed by atoms with van der Waals surface area (Å²) in [7, 11) is 1.31. The zero-order chi connectivity index (χ0) is 16.8. The lowest BCUT2D eigenvalue weighted by Gasteiger charge is -2.05. The molecule has 1 aromatic heterocycles. The van der Waals surface area contributed by atoms with Crippen LogP contribution in [0.5, 0.6) is 0 Å². The first-order valence-corrected chi connectivity index (χ1v) is 8.14. The third-order valence-corrected chi connectivity index (χ3v) is 4.22. The van der Waals surface area contributed by atoms with E-state index in [1.165, 1.54) is 30.1 Å². The Morgan fingerprint density at radius 2 is 1.87 bits per heavy atom. The molecule has 2 rings (SSSR count). The van der Waals surface area contributed by atoms with E-state index in [1.807, 2.05) is 12.1 Å². The standard InChI is InChI=1S/C18H19NO3S/c1-12(2)14-7-4-13(5-8-14)6-9-16(20)19-15-10-11-23-17(15)18(21)22-3/h4-12H,1-3H3,(H,19,20)/b9-6-. The quantitative estimate of drug-likeness (QED) is 0.657. The highest BCUT2D eigenvalue weighted by Crippen LogP contribution is 2.23. The highest BCUT2D eigenvalue weighted by Gasteiger charge is 2.14. The molecule has 1 amide bonds. The van der Waals surface area contributed by atoms with E-state index >= 15 is 0 Å². The number of esters is 1. The predicted molar refractivity (Wildman–Crippen MR) is 93.9 cm³/mol. The van der Waals surface area contributed by atoms with Crippen molar-refractivity contribution in [1.29, 1.82) is 0 Å².